The molecule has 0 aliphatic carbocycles. The van der Waals surface area contributed by atoms with Gasteiger partial charge in [-0.25, -0.2) is 0 Å². The summed E-state index contributed by atoms with van der Waals surface area (Å²) in [6.07, 6.45) is 3.86. The molecule has 0 amide bonds. The van der Waals surface area contributed by atoms with Crippen LogP contribution in [0.5, 0.6) is 0 Å². The van der Waals surface area contributed by atoms with E-state index in [2.05, 4.69) is 51.2 Å². The maximum atomic E-state index is 6.14. The van der Waals surface area contributed by atoms with E-state index in [1.807, 2.05) is 25.4 Å². The fourth-order valence-electron chi connectivity index (χ4n) is 2.09. The highest BCUT2D eigenvalue weighted by Gasteiger charge is 2.16. The van der Waals surface area contributed by atoms with Gasteiger partial charge in [0.2, 0.25) is 0 Å². The fraction of sp³-hybridized carbons (Fsp3) is 0.429. The predicted octanol–water partition coefficient (Wildman–Crippen LogP) is 3.36. The molecular weight excluding hydrogens is 387 g/mol. The number of rotatable bonds is 6. The van der Waals surface area contributed by atoms with Crippen molar-refractivity contribution in [2.75, 3.05) is 6.54 Å². The summed E-state index contributed by atoms with van der Waals surface area (Å²) >= 11 is 8.49. The summed E-state index contributed by atoms with van der Waals surface area (Å²) in [5.41, 5.74) is 2.20. The van der Waals surface area contributed by atoms with Crippen LogP contribution in [0.3, 0.4) is 0 Å². The van der Waals surface area contributed by atoms with Crippen LogP contribution in [0.1, 0.15) is 30.6 Å². The summed E-state index contributed by atoms with van der Waals surface area (Å²) in [5, 5.41) is 12.5. The summed E-state index contributed by atoms with van der Waals surface area (Å²) in [4.78, 5) is 0. The molecule has 1 unspecified atom stereocenters. The molecule has 0 bridgehead atoms. The van der Waals surface area contributed by atoms with Gasteiger partial charge in [-0.1, -0.05) is 23.7 Å². The second kappa shape index (κ2) is 7.38. The lowest BCUT2D eigenvalue weighted by molar-refractivity contribution is 0.522. The Balaban J connectivity index is 2.24. The predicted molar refractivity (Wildman–Crippen MR) is 89.9 cm³/mol. The first-order valence-corrected chi connectivity index (χ1v) is 8.09. The smallest absolute Gasteiger partial charge is 0.0845 e. The number of aromatic nitrogens is 3. The maximum Gasteiger partial charge on any atom is 0.0845 e. The van der Waals surface area contributed by atoms with Crippen LogP contribution >= 0.6 is 34.2 Å². The SMILES string of the molecule is CCCNC(Cc1cn(C)nn1)c1cc(Cl)ccc1I. The van der Waals surface area contributed by atoms with Crippen LogP contribution in [0.15, 0.2) is 24.4 Å². The number of halogens is 2. The van der Waals surface area contributed by atoms with Gasteiger partial charge in [-0.3, -0.25) is 4.68 Å². The molecule has 108 valence electrons. The average molecular weight is 405 g/mol. The molecule has 1 atom stereocenters. The van der Waals surface area contributed by atoms with E-state index in [-0.39, 0.29) is 6.04 Å². The van der Waals surface area contributed by atoms with Crippen molar-refractivity contribution in [3.05, 3.63) is 44.2 Å². The summed E-state index contributed by atoms with van der Waals surface area (Å²) in [6.45, 7) is 3.13. The zero-order valence-electron chi connectivity index (χ0n) is 11.6. The third-order valence-corrected chi connectivity index (χ3v) is 4.26. The summed E-state index contributed by atoms with van der Waals surface area (Å²) in [6, 6.07) is 6.21. The highest BCUT2D eigenvalue weighted by atomic mass is 127. The van der Waals surface area contributed by atoms with Crippen LogP contribution in [-0.2, 0) is 13.5 Å². The molecular formula is C14H18ClIN4. The molecule has 1 aromatic carbocycles. The maximum absolute atomic E-state index is 6.14. The molecule has 0 fully saturated rings. The Morgan fingerprint density at radius 2 is 2.25 bits per heavy atom. The minimum absolute atomic E-state index is 0.206. The Morgan fingerprint density at radius 3 is 2.90 bits per heavy atom. The number of benzene rings is 1. The second-order valence-corrected chi connectivity index (χ2v) is 6.36. The van der Waals surface area contributed by atoms with Crippen molar-refractivity contribution in [1.82, 2.24) is 20.3 Å². The lowest BCUT2D eigenvalue weighted by Gasteiger charge is -2.19. The fourth-order valence-corrected chi connectivity index (χ4v) is 2.98. The Hall–Kier alpha value is -0.660. The van der Waals surface area contributed by atoms with Crippen molar-refractivity contribution in [1.29, 1.82) is 0 Å². The lowest BCUT2D eigenvalue weighted by atomic mass is 10.0. The topological polar surface area (TPSA) is 42.7 Å². The molecule has 20 heavy (non-hydrogen) atoms. The molecule has 0 aliphatic rings. The summed E-state index contributed by atoms with van der Waals surface area (Å²) < 4.78 is 2.94. The van der Waals surface area contributed by atoms with Crippen LogP contribution in [0.4, 0.5) is 0 Å². The summed E-state index contributed by atoms with van der Waals surface area (Å²) in [5.74, 6) is 0. The molecule has 2 aromatic rings. The van der Waals surface area contributed by atoms with E-state index in [1.54, 1.807) is 4.68 Å². The Morgan fingerprint density at radius 1 is 1.45 bits per heavy atom. The van der Waals surface area contributed by atoms with Crippen molar-refractivity contribution < 1.29 is 0 Å². The van der Waals surface area contributed by atoms with Crippen LogP contribution in [0, 0.1) is 3.57 Å². The van der Waals surface area contributed by atoms with Gasteiger partial charge in [-0.05, 0) is 59.3 Å². The standard InChI is InChI=1S/C14H18ClIN4/c1-3-6-17-14(8-11-9-20(2)19-18-11)12-7-10(15)4-5-13(12)16/h4-5,7,9,14,17H,3,6,8H2,1-2H3. The molecule has 1 aromatic heterocycles. The third kappa shape index (κ3) is 4.17. The summed E-state index contributed by atoms with van der Waals surface area (Å²) in [7, 11) is 1.88. The van der Waals surface area contributed by atoms with E-state index < -0.39 is 0 Å². The zero-order valence-corrected chi connectivity index (χ0v) is 14.5. The van der Waals surface area contributed by atoms with Gasteiger partial charge in [-0.15, -0.1) is 5.10 Å². The molecule has 0 aliphatic heterocycles. The average Bonchev–Trinajstić information content (AvgIpc) is 2.83. The van der Waals surface area contributed by atoms with Gasteiger partial charge in [0.15, 0.2) is 0 Å². The second-order valence-electron chi connectivity index (χ2n) is 4.76. The number of nitrogens with one attached hydrogen (secondary N) is 1. The third-order valence-electron chi connectivity index (χ3n) is 3.04. The highest BCUT2D eigenvalue weighted by molar-refractivity contribution is 14.1. The van der Waals surface area contributed by atoms with Crippen molar-refractivity contribution in [3.63, 3.8) is 0 Å². The Kier molecular flexibility index (Phi) is 5.80. The van der Waals surface area contributed by atoms with Crippen LogP contribution in [-0.4, -0.2) is 21.5 Å². The molecule has 4 nitrogen and oxygen atoms in total. The van der Waals surface area contributed by atoms with E-state index >= 15 is 0 Å². The first-order valence-electron chi connectivity index (χ1n) is 6.63. The minimum Gasteiger partial charge on any atom is -0.310 e. The number of nitrogens with zero attached hydrogens (tertiary/aromatic N) is 3. The van der Waals surface area contributed by atoms with Gasteiger partial charge in [0.25, 0.3) is 0 Å². The van der Waals surface area contributed by atoms with Crippen LogP contribution in [0.2, 0.25) is 5.02 Å². The quantitative estimate of drug-likeness (QED) is 0.751. The van der Waals surface area contributed by atoms with Crippen molar-refractivity contribution in [2.45, 2.75) is 25.8 Å². The normalized spacial score (nSPS) is 12.6. The lowest BCUT2D eigenvalue weighted by Crippen LogP contribution is -2.25. The van der Waals surface area contributed by atoms with Gasteiger partial charge in [0.1, 0.15) is 0 Å². The number of hydrogen-bond donors (Lipinski definition) is 1. The van der Waals surface area contributed by atoms with Gasteiger partial charge < -0.3 is 5.32 Å². The first kappa shape index (κ1) is 15.7. The number of aryl methyl sites for hydroxylation is 1. The molecule has 0 spiro atoms. The molecule has 2 rings (SSSR count). The van der Waals surface area contributed by atoms with E-state index in [1.165, 1.54) is 9.13 Å². The van der Waals surface area contributed by atoms with Crippen molar-refractivity contribution in [3.8, 4) is 0 Å². The van der Waals surface area contributed by atoms with E-state index in [0.717, 1.165) is 30.1 Å². The van der Waals surface area contributed by atoms with Gasteiger partial charge in [-0.2, -0.15) is 0 Å². The monoisotopic (exact) mass is 404 g/mol. The van der Waals surface area contributed by atoms with E-state index in [9.17, 15) is 0 Å². The van der Waals surface area contributed by atoms with Gasteiger partial charge in [0, 0.05) is 34.3 Å². The molecule has 1 N–H and O–H groups in total. The first-order chi connectivity index (χ1) is 9.60. The van der Waals surface area contributed by atoms with Gasteiger partial charge in [0.05, 0.1) is 5.69 Å². The van der Waals surface area contributed by atoms with Gasteiger partial charge >= 0.3 is 0 Å². The van der Waals surface area contributed by atoms with Crippen molar-refractivity contribution in [2.24, 2.45) is 7.05 Å². The van der Waals surface area contributed by atoms with Crippen molar-refractivity contribution >= 4 is 34.2 Å². The van der Waals surface area contributed by atoms with E-state index in [4.69, 9.17) is 11.6 Å². The van der Waals surface area contributed by atoms with Crippen LogP contribution < -0.4 is 5.32 Å². The Labute approximate surface area is 138 Å². The zero-order chi connectivity index (χ0) is 14.5. The molecule has 0 saturated carbocycles. The minimum atomic E-state index is 0.206. The van der Waals surface area contributed by atoms with Crippen LogP contribution in [0.25, 0.3) is 0 Å². The molecule has 0 radical (unpaired) electrons. The highest BCUT2D eigenvalue weighted by Crippen LogP contribution is 2.26. The Bertz CT molecular complexity index is 570. The largest absolute Gasteiger partial charge is 0.310 e. The molecule has 6 heteroatoms. The molecule has 1 heterocycles. The van der Waals surface area contributed by atoms with E-state index in [0.29, 0.717) is 0 Å². The number of hydrogen-bond acceptors (Lipinski definition) is 3. The molecule has 0 saturated heterocycles.